The molecule has 0 bridgehead atoms. The van der Waals surface area contributed by atoms with Crippen LogP contribution in [0.1, 0.15) is 31.2 Å². The average molecular weight is 307 g/mol. The van der Waals surface area contributed by atoms with Crippen LogP contribution in [0.5, 0.6) is 0 Å². The summed E-state index contributed by atoms with van der Waals surface area (Å²) in [4.78, 5) is 14.9. The summed E-state index contributed by atoms with van der Waals surface area (Å²) >= 11 is 6.27. The molecule has 2 fully saturated rings. The fourth-order valence-corrected chi connectivity index (χ4v) is 3.77. The molecular weight excluding hydrogens is 284 g/mol. The molecule has 1 aromatic rings. The monoisotopic (exact) mass is 306 g/mol. The highest BCUT2D eigenvalue weighted by Crippen LogP contribution is 2.27. The summed E-state index contributed by atoms with van der Waals surface area (Å²) in [6.45, 7) is 2.80. The number of piperidine rings is 1. The summed E-state index contributed by atoms with van der Waals surface area (Å²) in [5.41, 5.74) is 1.16. The molecule has 2 saturated heterocycles. The maximum Gasteiger partial charge on any atom is 0.227 e. The Kier molecular flexibility index (Phi) is 4.81. The van der Waals surface area contributed by atoms with Crippen molar-refractivity contribution >= 4 is 17.5 Å². The van der Waals surface area contributed by atoms with Gasteiger partial charge in [-0.05, 0) is 50.3 Å². The number of hydrogen-bond donors (Lipinski definition) is 1. The summed E-state index contributed by atoms with van der Waals surface area (Å²) in [5, 5.41) is 4.16. The third-order valence-electron chi connectivity index (χ3n) is 4.72. The first-order valence-corrected chi connectivity index (χ1v) is 8.38. The van der Waals surface area contributed by atoms with Crippen molar-refractivity contribution in [2.75, 3.05) is 19.6 Å². The molecule has 114 valence electrons. The fourth-order valence-electron chi connectivity index (χ4n) is 3.55. The Morgan fingerprint density at radius 3 is 2.90 bits per heavy atom. The van der Waals surface area contributed by atoms with Crippen molar-refractivity contribution in [1.29, 1.82) is 0 Å². The van der Waals surface area contributed by atoms with Gasteiger partial charge in [-0.3, -0.25) is 4.79 Å². The molecule has 3 nitrogen and oxygen atoms in total. The minimum absolute atomic E-state index is 0.172. The van der Waals surface area contributed by atoms with Gasteiger partial charge in [0.2, 0.25) is 5.91 Å². The van der Waals surface area contributed by atoms with Gasteiger partial charge in [0.1, 0.15) is 0 Å². The summed E-state index contributed by atoms with van der Waals surface area (Å²) in [5.74, 6) is 0.516. The van der Waals surface area contributed by atoms with E-state index in [1.54, 1.807) is 0 Å². The summed E-state index contributed by atoms with van der Waals surface area (Å²) < 4.78 is 0. The van der Waals surface area contributed by atoms with E-state index in [1.165, 1.54) is 0 Å². The van der Waals surface area contributed by atoms with Gasteiger partial charge in [0.25, 0.3) is 0 Å². The van der Waals surface area contributed by atoms with Gasteiger partial charge < -0.3 is 10.2 Å². The van der Waals surface area contributed by atoms with Gasteiger partial charge in [-0.2, -0.15) is 0 Å². The lowest BCUT2D eigenvalue weighted by atomic mass is 9.97. The van der Waals surface area contributed by atoms with Gasteiger partial charge in [-0.15, -0.1) is 0 Å². The van der Waals surface area contributed by atoms with E-state index in [4.69, 9.17) is 11.6 Å². The quantitative estimate of drug-likeness (QED) is 0.931. The first kappa shape index (κ1) is 14.9. The van der Waals surface area contributed by atoms with Crippen LogP contribution in [0.4, 0.5) is 0 Å². The van der Waals surface area contributed by atoms with Crippen LogP contribution in [-0.2, 0) is 11.2 Å². The number of nitrogens with one attached hydrogen (secondary N) is 1. The molecule has 0 saturated carbocycles. The highest BCUT2D eigenvalue weighted by Gasteiger charge is 2.33. The number of halogens is 1. The number of amides is 1. The molecule has 4 heteroatoms. The largest absolute Gasteiger partial charge is 0.339 e. The van der Waals surface area contributed by atoms with Crippen LogP contribution < -0.4 is 5.32 Å². The molecule has 1 aromatic carbocycles. The van der Waals surface area contributed by atoms with Crippen LogP contribution in [0, 0.1) is 5.92 Å². The number of likely N-dealkylation sites (tertiary alicyclic amines) is 1. The molecule has 21 heavy (non-hydrogen) atoms. The third-order valence-corrected chi connectivity index (χ3v) is 5.09. The van der Waals surface area contributed by atoms with Crippen molar-refractivity contribution in [1.82, 2.24) is 10.2 Å². The molecule has 2 atom stereocenters. The molecule has 0 aliphatic carbocycles. The van der Waals surface area contributed by atoms with Crippen molar-refractivity contribution in [2.24, 2.45) is 5.92 Å². The number of rotatable bonds is 3. The fraction of sp³-hybridized carbons (Fsp3) is 0.588. The van der Waals surface area contributed by atoms with Crippen LogP contribution in [-0.4, -0.2) is 36.5 Å². The van der Waals surface area contributed by atoms with E-state index in [2.05, 4.69) is 16.3 Å². The Morgan fingerprint density at radius 1 is 1.29 bits per heavy atom. The average Bonchev–Trinajstić information content (AvgIpc) is 2.98. The number of carbonyl (C=O) groups is 1. The zero-order valence-corrected chi connectivity index (χ0v) is 13.1. The van der Waals surface area contributed by atoms with Gasteiger partial charge in [0, 0.05) is 24.2 Å². The van der Waals surface area contributed by atoms with Crippen molar-refractivity contribution in [3.05, 3.63) is 34.9 Å². The second-order valence-electron chi connectivity index (χ2n) is 6.17. The van der Waals surface area contributed by atoms with Gasteiger partial charge in [-0.1, -0.05) is 29.8 Å². The Bertz CT molecular complexity index is 499. The predicted molar refractivity (Wildman–Crippen MR) is 85.5 cm³/mol. The molecule has 3 rings (SSSR count). The predicted octanol–water partition coefficient (Wildman–Crippen LogP) is 2.87. The topological polar surface area (TPSA) is 32.3 Å². The lowest BCUT2D eigenvalue weighted by molar-refractivity contribution is -0.136. The Balaban J connectivity index is 1.67. The third kappa shape index (κ3) is 3.41. The molecular formula is C17H23ClN2O. The second kappa shape index (κ2) is 6.80. The van der Waals surface area contributed by atoms with Crippen LogP contribution in [0.2, 0.25) is 5.02 Å². The summed E-state index contributed by atoms with van der Waals surface area (Å²) in [7, 11) is 0. The number of hydrogen-bond acceptors (Lipinski definition) is 2. The normalized spacial score (nSPS) is 26.0. The Labute approximate surface area is 131 Å². The second-order valence-corrected chi connectivity index (χ2v) is 6.57. The Morgan fingerprint density at radius 2 is 2.14 bits per heavy atom. The zero-order chi connectivity index (χ0) is 14.7. The molecule has 0 spiro atoms. The molecule has 0 aromatic heterocycles. The van der Waals surface area contributed by atoms with E-state index < -0.39 is 0 Å². The van der Waals surface area contributed by atoms with Crippen LogP contribution in [0.15, 0.2) is 24.3 Å². The highest BCUT2D eigenvalue weighted by atomic mass is 35.5. The lowest BCUT2D eigenvalue weighted by Crippen LogP contribution is -2.45. The molecule has 2 aliphatic rings. The maximum absolute atomic E-state index is 12.7. The smallest absolute Gasteiger partial charge is 0.227 e. The molecule has 0 radical (unpaired) electrons. The van der Waals surface area contributed by atoms with E-state index in [9.17, 15) is 4.79 Å². The minimum atomic E-state index is 0.172. The Hall–Kier alpha value is -1.06. The highest BCUT2D eigenvalue weighted by molar-refractivity contribution is 6.31. The number of benzene rings is 1. The standard InChI is InChI=1S/C17H23ClN2O/c18-16-8-2-1-5-13(16)11-15-7-4-10-20(15)17(21)14-6-3-9-19-12-14/h1-2,5,8,14-15,19H,3-4,6-7,9-12H2. The van der Waals surface area contributed by atoms with Crippen LogP contribution in [0.25, 0.3) is 0 Å². The maximum atomic E-state index is 12.7. The number of carbonyl (C=O) groups excluding carboxylic acids is 1. The lowest BCUT2D eigenvalue weighted by Gasteiger charge is -2.31. The molecule has 1 amide bonds. The van der Waals surface area contributed by atoms with Crippen molar-refractivity contribution < 1.29 is 4.79 Å². The van der Waals surface area contributed by atoms with Crippen LogP contribution in [0.3, 0.4) is 0 Å². The van der Waals surface area contributed by atoms with Crippen molar-refractivity contribution in [2.45, 2.75) is 38.1 Å². The van der Waals surface area contributed by atoms with E-state index in [0.29, 0.717) is 11.9 Å². The van der Waals surface area contributed by atoms with Crippen LogP contribution >= 0.6 is 11.6 Å². The van der Waals surface area contributed by atoms with Gasteiger partial charge in [-0.25, -0.2) is 0 Å². The van der Waals surface area contributed by atoms with Crippen molar-refractivity contribution in [3.63, 3.8) is 0 Å². The SMILES string of the molecule is O=C(C1CCCNC1)N1CCCC1Cc1ccccc1Cl. The molecule has 1 N–H and O–H groups in total. The molecule has 2 heterocycles. The molecule has 2 aliphatic heterocycles. The zero-order valence-electron chi connectivity index (χ0n) is 12.4. The minimum Gasteiger partial charge on any atom is -0.339 e. The summed E-state index contributed by atoms with van der Waals surface area (Å²) in [6, 6.07) is 8.30. The first-order chi connectivity index (χ1) is 10.3. The first-order valence-electron chi connectivity index (χ1n) is 8.00. The van der Waals surface area contributed by atoms with E-state index in [-0.39, 0.29) is 5.92 Å². The van der Waals surface area contributed by atoms with Gasteiger partial charge in [0.15, 0.2) is 0 Å². The number of nitrogens with zero attached hydrogens (tertiary/aromatic N) is 1. The molecule has 2 unspecified atom stereocenters. The van der Waals surface area contributed by atoms with E-state index in [1.807, 2.05) is 18.2 Å². The summed E-state index contributed by atoms with van der Waals surface area (Å²) in [6.07, 6.45) is 5.23. The van der Waals surface area contributed by atoms with E-state index >= 15 is 0 Å². The van der Waals surface area contributed by atoms with Gasteiger partial charge in [0.05, 0.1) is 5.92 Å². The van der Waals surface area contributed by atoms with Gasteiger partial charge >= 0.3 is 0 Å². The van der Waals surface area contributed by atoms with Crippen molar-refractivity contribution in [3.8, 4) is 0 Å². The van der Waals surface area contributed by atoms with E-state index in [0.717, 1.165) is 62.3 Å².